The summed E-state index contributed by atoms with van der Waals surface area (Å²) in [6.45, 7) is 15.6. The van der Waals surface area contributed by atoms with Crippen molar-refractivity contribution in [3.63, 3.8) is 0 Å². The van der Waals surface area contributed by atoms with Crippen LogP contribution in [0.5, 0.6) is 0 Å². The lowest BCUT2D eigenvalue weighted by Crippen LogP contribution is -2.13. The zero-order valence-corrected chi connectivity index (χ0v) is 44.9. The fourth-order valence-corrected chi connectivity index (χ4v) is 11.0. The Kier molecular flexibility index (Phi) is 14.8. The molecule has 0 spiro atoms. The molecule has 11 rings (SSSR count). The first kappa shape index (κ1) is 50.7. The van der Waals surface area contributed by atoms with Crippen molar-refractivity contribution in [1.82, 2.24) is 4.57 Å². The fourth-order valence-electron chi connectivity index (χ4n) is 11.0. The highest BCUT2D eigenvalue weighted by molar-refractivity contribution is 6.11. The minimum atomic E-state index is 0.00910. The predicted octanol–water partition coefficient (Wildman–Crippen LogP) is 20.7. The quantitative estimate of drug-likeness (QED) is 0.0894. The van der Waals surface area contributed by atoms with Crippen LogP contribution in [0.1, 0.15) is 50.7 Å². The topological polar surface area (TPSA) is 11.4 Å². The summed E-state index contributed by atoms with van der Waals surface area (Å²) in [5, 5.41) is 2.48. The Morgan fingerprint density at radius 1 is 0.603 bits per heavy atom. The van der Waals surface area contributed by atoms with Gasteiger partial charge >= 0.3 is 0 Å². The summed E-state index contributed by atoms with van der Waals surface area (Å²) in [5.41, 5.74) is 19.6. The number of aromatic nitrogens is 1. The van der Waals surface area contributed by atoms with E-state index in [4.69, 9.17) is 0 Å². The second kappa shape index (κ2) is 22.8. The highest BCUT2D eigenvalue weighted by atomic mass is 15.1. The molecule has 0 N–H and O–H groups in total. The lowest BCUT2D eigenvalue weighted by Gasteiger charge is -2.25. The van der Waals surface area contributed by atoms with E-state index in [1.54, 1.807) is 0 Å². The Labute approximate surface area is 461 Å². The normalized spacial score (nSPS) is 15.9. The lowest BCUT2D eigenvalue weighted by atomic mass is 9.92. The van der Waals surface area contributed by atoms with Crippen molar-refractivity contribution in [1.29, 1.82) is 0 Å². The van der Waals surface area contributed by atoms with Gasteiger partial charge in [-0.2, -0.15) is 0 Å². The van der Waals surface area contributed by atoms with Gasteiger partial charge in [0.25, 0.3) is 0 Å². The molecular formula is C75H65N3. The minimum absolute atomic E-state index is 0.00910. The van der Waals surface area contributed by atoms with Crippen molar-refractivity contribution < 1.29 is 0 Å². The molecule has 1 unspecified atom stereocenters. The van der Waals surface area contributed by atoms with Gasteiger partial charge in [-0.1, -0.05) is 221 Å². The summed E-state index contributed by atoms with van der Waals surface area (Å²) in [5.74, 6) is 0.383. The average Bonchev–Trinajstić information content (AvgIpc) is 4.05. The van der Waals surface area contributed by atoms with Crippen molar-refractivity contribution in [2.75, 3.05) is 9.80 Å². The standard InChI is InChI=1S/C75H65N3/c1-6-57(58-22-11-7-12-23-58)26-21-51-76(67-46-41-61(42-47-67)59-24-13-8-14-25-59)55(2)33-35-65-53-75(4,5)54-66(65)36-34-56(3)77-73-32-20-19-31-71(73)72-52-64(45-50-74(72)77)63-39-37-60(38-40-63)62-43-48-70(49-44-62)78(68-27-15-9-16-28-68)69-29-17-10-18-30-69/h6-24,26-53,59H,1-2,25,54H2,3-5H3. The number of allylic oxidation sites excluding steroid dienone is 16. The monoisotopic (exact) mass is 1010 g/mol. The maximum Gasteiger partial charge on any atom is 0.0538 e. The van der Waals surface area contributed by atoms with Crippen LogP contribution in [0, 0.1) is 5.41 Å². The highest BCUT2D eigenvalue weighted by Crippen LogP contribution is 2.42. The Morgan fingerprint density at radius 3 is 1.83 bits per heavy atom. The molecule has 380 valence electrons. The number of rotatable bonds is 16. The fraction of sp³-hybridized carbons (Fsp3) is 0.0933. The predicted molar refractivity (Wildman–Crippen MR) is 336 cm³/mol. The van der Waals surface area contributed by atoms with Crippen molar-refractivity contribution in [3.05, 3.63) is 326 Å². The molecule has 8 aromatic carbocycles. The van der Waals surface area contributed by atoms with Gasteiger partial charge in [-0.3, -0.25) is 0 Å². The Morgan fingerprint density at radius 2 is 1.18 bits per heavy atom. The van der Waals surface area contributed by atoms with Crippen LogP contribution in [0.25, 0.3) is 55.3 Å². The van der Waals surface area contributed by atoms with Crippen LogP contribution >= 0.6 is 0 Å². The number of hydrogen-bond donors (Lipinski definition) is 0. The third-order valence-electron chi connectivity index (χ3n) is 15.0. The lowest BCUT2D eigenvalue weighted by molar-refractivity contribution is 0.499. The Hall–Kier alpha value is -9.44. The molecule has 0 aliphatic heterocycles. The molecule has 0 saturated heterocycles. The molecule has 0 saturated carbocycles. The molecule has 1 aromatic heterocycles. The van der Waals surface area contributed by atoms with Gasteiger partial charge in [0.2, 0.25) is 0 Å². The van der Waals surface area contributed by atoms with Crippen LogP contribution in [0.15, 0.2) is 315 Å². The summed E-state index contributed by atoms with van der Waals surface area (Å²) in [6, 6.07) is 73.9. The maximum absolute atomic E-state index is 4.64. The van der Waals surface area contributed by atoms with E-state index >= 15 is 0 Å². The largest absolute Gasteiger partial charge is 0.318 e. The van der Waals surface area contributed by atoms with Gasteiger partial charge in [0.15, 0.2) is 0 Å². The van der Waals surface area contributed by atoms with E-state index in [1.165, 1.54) is 60.8 Å². The van der Waals surface area contributed by atoms with Crippen LogP contribution in [0.3, 0.4) is 0 Å². The first-order valence-electron chi connectivity index (χ1n) is 27.1. The summed E-state index contributed by atoms with van der Waals surface area (Å²) in [6.07, 6.45) is 30.4. The first-order chi connectivity index (χ1) is 38.2. The summed E-state index contributed by atoms with van der Waals surface area (Å²) in [7, 11) is 0. The second-order valence-electron chi connectivity index (χ2n) is 21.0. The van der Waals surface area contributed by atoms with Gasteiger partial charge in [0.05, 0.1) is 11.0 Å². The number of anilines is 4. The van der Waals surface area contributed by atoms with E-state index in [2.05, 4.69) is 322 Å². The van der Waals surface area contributed by atoms with E-state index in [1.807, 2.05) is 12.1 Å². The molecule has 0 radical (unpaired) electrons. The number of benzene rings is 8. The van der Waals surface area contributed by atoms with Crippen LogP contribution in [0.4, 0.5) is 22.7 Å². The molecule has 1 atom stereocenters. The van der Waals surface area contributed by atoms with Crippen molar-refractivity contribution in [3.8, 4) is 22.3 Å². The molecule has 0 amide bonds. The van der Waals surface area contributed by atoms with Gasteiger partial charge in [-0.25, -0.2) is 0 Å². The van der Waals surface area contributed by atoms with E-state index in [9.17, 15) is 0 Å². The Bertz CT molecular complexity index is 3830. The molecule has 3 nitrogen and oxygen atoms in total. The molecule has 0 fully saturated rings. The third-order valence-corrected chi connectivity index (χ3v) is 15.0. The van der Waals surface area contributed by atoms with Gasteiger partial charge in [-0.15, -0.1) is 0 Å². The molecule has 3 heteroatoms. The van der Waals surface area contributed by atoms with Crippen LogP contribution in [-0.4, -0.2) is 4.57 Å². The first-order valence-corrected chi connectivity index (χ1v) is 27.1. The number of hydrogen-bond acceptors (Lipinski definition) is 2. The number of nitrogens with zero attached hydrogens (tertiary/aromatic N) is 3. The SMILES string of the molecule is C=CC(=CC=CN(C(=C)C=CC1=CC(C)(C)CC1=CC=C(C)n1c2ccccc2c2cc(-c3ccc(-c4ccc(N(c5ccccc5)c5ccccc5)cc4)cc3)ccc21)c1ccc(C2C=CC=CC2)cc1)c1ccccc1. The van der Waals surface area contributed by atoms with Gasteiger partial charge < -0.3 is 14.4 Å². The summed E-state index contributed by atoms with van der Waals surface area (Å²) < 4.78 is 2.41. The van der Waals surface area contributed by atoms with E-state index in [-0.39, 0.29) is 5.41 Å². The van der Waals surface area contributed by atoms with Crippen LogP contribution < -0.4 is 9.80 Å². The highest BCUT2D eigenvalue weighted by Gasteiger charge is 2.26. The minimum Gasteiger partial charge on any atom is -0.318 e. The Balaban J connectivity index is 0.842. The van der Waals surface area contributed by atoms with Gasteiger partial charge in [-0.05, 0) is 160 Å². The number of para-hydroxylation sites is 3. The zero-order valence-electron chi connectivity index (χ0n) is 44.9. The summed E-state index contributed by atoms with van der Waals surface area (Å²) >= 11 is 0. The molecular weight excluding hydrogens is 943 g/mol. The van der Waals surface area contributed by atoms with E-state index < -0.39 is 0 Å². The van der Waals surface area contributed by atoms with Crippen LogP contribution in [-0.2, 0) is 0 Å². The van der Waals surface area contributed by atoms with Crippen molar-refractivity contribution >= 4 is 55.8 Å². The van der Waals surface area contributed by atoms with Gasteiger partial charge in [0.1, 0.15) is 0 Å². The second-order valence-corrected chi connectivity index (χ2v) is 21.0. The maximum atomic E-state index is 4.64. The van der Waals surface area contributed by atoms with Crippen molar-refractivity contribution in [2.45, 2.75) is 39.5 Å². The molecule has 1 heterocycles. The molecule has 78 heavy (non-hydrogen) atoms. The molecule has 9 aromatic rings. The van der Waals surface area contributed by atoms with Crippen LogP contribution in [0.2, 0.25) is 0 Å². The van der Waals surface area contributed by atoms with Crippen molar-refractivity contribution in [2.24, 2.45) is 5.41 Å². The molecule has 0 bridgehead atoms. The smallest absolute Gasteiger partial charge is 0.0538 e. The molecule has 2 aliphatic carbocycles. The summed E-state index contributed by atoms with van der Waals surface area (Å²) in [4.78, 5) is 4.46. The van der Waals surface area contributed by atoms with E-state index in [0.29, 0.717) is 5.92 Å². The average molecular weight is 1010 g/mol. The third kappa shape index (κ3) is 11.1. The molecule has 2 aliphatic rings. The number of fused-ring (bicyclic) bond motifs is 3. The zero-order chi connectivity index (χ0) is 53.4. The van der Waals surface area contributed by atoms with Gasteiger partial charge in [0, 0.05) is 57.0 Å². The van der Waals surface area contributed by atoms with E-state index in [0.717, 1.165) is 58.1 Å².